The highest BCUT2D eigenvalue weighted by Gasteiger charge is 2.18. The van der Waals surface area contributed by atoms with Crippen LogP contribution in [0.1, 0.15) is 45.2 Å². The predicted molar refractivity (Wildman–Crippen MR) is 123 cm³/mol. The van der Waals surface area contributed by atoms with Crippen LogP contribution in [-0.2, 0) is 12.8 Å². The zero-order valence-corrected chi connectivity index (χ0v) is 17.3. The summed E-state index contributed by atoms with van der Waals surface area (Å²) in [6.45, 7) is 2.38. The van der Waals surface area contributed by atoms with Gasteiger partial charge in [0.2, 0.25) is 0 Å². The van der Waals surface area contributed by atoms with Crippen molar-refractivity contribution >= 4 is 33.5 Å². The Hall–Kier alpha value is -3.66. The zero-order chi connectivity index (χ0) is 22.0. The molecule has 0 saturated heterocycles. The zero-order valence-electron chi connectivity index (χ0n) is 17.3. The van der Waals surface area contributed by atoms with Crippen LogP contribution in [0, 0.1) is 5.92 Å². The van der Waals surface area contributed by atoms with Gasteiger partial charge in [0.25, 0.3) is 0 Å². The molecule has 31 heavy (non-hydrogen) atoms. The van der Waals surface area contributed by atoms with Crippen LogP contribution >= 0.6 is 0 Å². The van der Waals surface area contributed by atoms with Gasteiger partial charge in [0, 0.05) is 0 Å². The van der Waals surface area contributed by atoms with Gasteiger partial charge in [-0.05, 0) is 70.0 Å². The Morgan fingerprint density at radius 1 is 0.742 bits per heavy atom. The van der Waals surface area contributed by atoms with Crippen molar-refractivity contribution in [3.05, 3.63) is 95.1 Å². The number of hydrogen-bond donors (Lipinski definition) is 2. The highest BCUT2D eigenvalue weighted by molar-refractivity contribution is 6.08. The summed E-state index contributed by atoms with van der Waals surface area (Å²) in [4.78, 5) is 20.9. The second-order valence-electron chi connectivity index (χ2n) is 8.09. The second kappa shape index (κ2) is 8.60. The SMILES string of the molecule is CC1CCc2ccc3c(ccc4ccccc43)c2C1.O=C(O)c1ccccc1C(=O)O. The number of fused-ring (bicyclic) bond motifs is 5. The number of hydrogen-bond acceptors (Lipinski definition) is 2. The molecular weight excluding hydrogens is 388 g/mol. The molecule has 2 N–H and O–H groups in total. The maximum absolute atomic E-state index is 10.5. The Labute approximate surface area is 180 Å². The predicted octanol–water partition coefficient (Wildman–Crippen LogP) is 6.20. The van der Waals surface area contributed by atoms with E-state index in [1.54, 1.807) is 11.1 Å². The van der Waals surface area contributed by atoms with Crippen LogP contribution in [0.15, 0.2) is 72.8 Å². The minimum absolute atomic E-state index is 0.190. The number of carbonyl (C=O) groups is 2. The van der Waals surface area contributed by atoms with E-state index in [-0.39, 0.29) is 11.1 Å². The molecule has 0 amide bonds. The minimum atomic E-state index is -1.23. The summed E-state index contributed by atoms with van der Waals surface area (Å²) in [7, 11) is 0. The Bertz CT molecular complexity index is 1260. The van der Waals surface area contributed by atoms with E-state index in [2.05, 4.69) is 55.5 Å². The van der Waals surface area contributed by atoms with Crippen molar-refractivity contribution in [3.63, 3.8) is 0 Å². The molecule has 0 aliphatic heterocycles. The number of aryl methyl sites for hydroxylation is 1. The molecule has 4 nitrogen and oxygen atoms in total. The fraction of sp³-hybridized carbons (Fsp3) is 0.185. The van der Waals surface area contributed by atoms with Crippen LogP contribution in [0.3, 0.4) is 0 Å². The van der Waals surface area contributed by atoms with E-state index in [4.69, 9.17) is 10.2 Å². The van der Waals surface area contributed by atoms with Crippen molar-refractivity contribution in [1.82, 2.24) is 0 Å². The summed E-state index contributed by atoms with van der Waals surface area (Å²) in [6.07, 6.45) is 3.83. The summed E-state index contributed by atoms with van der Waals surface area (Å²) >= 11 is 0. The quantitative estimate of drug-likeness (QED) is 0.384. The number of rotatable bonds is 2. The van der Waals surface area contributed by atoms with Crippen LogP contribution in [0.5, 0.6) is 0 Å². The molecule has 1 unspecified atom stereocenters. The molecule has 0 bridgehead atoms. The van der Waals surface area contributed by atoms with Crippen LogP contribution in [-0.4, -0.2) is 22.2 Å². The summed E-state index contributed by atoms with van der Waals surface area (Å²) < 4.78 is 0. The molecule has 1 aliphatic carbocycles. The first kappa shape index (κ1) is 20.6. The molecule has 1 aliphatic rings. The van der Waals surface area contributed by atoms with Crippen molar-refractivity contribution in [3.8, 4) is 0 Å². The normalized spacial score (nSPS) is 15.1. The highest BCUT2D eigenvalue weighted by atomic mass is 16.4. The molecule has 1 atom stereocenters. The van der Waals surface area contributed by atoms with E-state index < -0.39 is 11.9 Å². The first-order valence-electron chi connectivity index (χ1n) is 10.4. The van der Waals surface area contributed by atoms with Crippen molar-refractivity contribution in [1.29, 1.82) is 0 Å². The number of aromatic carboxylic acids is 2. The lowest BCUT2D eigenvalue weighted by Gasteiger charge is -2.23. The van der Waals surface area contributed by atoms with E-state index in [0.717, 1.165) is 5.92 Å². The molecule has 0 fully saturated rings. The lowest BCUT2D eigenvalue weighted by Crippen LogP contribution is -2.11. The third-order valence-corrected chi connectivity index (χ3v) is 5.98. The molecule has 0 aromatic heterocycles. The number of carboxylic acids is 2. The van der Waals surface area contributed by atoms with Gasteiger partial charge < -0.3 is 10.2 Å². The van der Waals surface area contributed by atoms with Gasteiger partial charge in [-0.25, -0.2) is 9.59 Å². The number of carboxylic acid groups (broad SMARTS) is 2. The topological polar surface area (TPSA) is 74.6 Å². The first-order valence-corrected chi connectivity index (χ1v) is 10.4. The van der Waals surface area contributed by atoms with Gasteiger partial charge in [0.05, 0.1) is 11.1 Å². The monoisotopic (exact) mass is 412 g/mol. The lowest BCUT2D eigenvalue weighted by molar-refractivity contribution is 0.0651. The van der Waals surface area contributed by atoms with Gasteiger partial charge in [0.1, 0.15) is 0 Å². The highest BCUT2D eigenvalue weighted by Crippen LogP contribution is 2.34. The third-order valence-electron chi connectivity index (χ3n) is 5.98. The van der Waals surface area contributed by atoms with Crippen molar-refractivity contribution in [2.24, 2.45) is 5.92 Å². The fourth-order valence-electron chi connectivity index (χ4n) is 4.38. The number of benzene rings is 4. The van der Waals surface area contributed by atoms with Gasteiger partial charge in [0.15, 0.2) is 0 Å². The van der Waals surface area contributed by atoms with Crippen molar-refractivity contribution < 1.29 is 19.8 Å². The van der Waals surface area contributed by atoms with E-state index in [1.807, 2.05) is 0 Å². The second-order valence-corrected chi connectivity index (χ2v) is 8.09. The van der Waals surface area contributed by atoms with E-state index in [0.29, 0.717) is 0 Å². The van der Waals surface area contributed by atoms with Crippen LogP contribution < -0.4 is 0 Å². The van der Waals surface area contributed by atoms with Gasteiger partial charge in [-0.2, -0.15) is 0 Å². The minimum Gasteiger partial charge on any atom is -0.478 e. The van der Waals surface area contributed by atoms with Gasteiger partial charge >= 0.3 is 11.9 Å². The van der Waals surface area contributed by atoms with Crippen LogP contribution in [0.4, 0.5) is 0 Å². The average molecular weight is 412 g/mol. The van der Waals surface area contributed by atoms with Crippen LogP contribution in [0.2, 0.25) is 0 Å². The van der Waals surface area contributed by atoms with Gasteiger partial charge in [-0.3, -0.25) is 0 Å². The Morgan fingerprint density at radius 3 is 2.03 bits per heavy atom. The Kier molecular flexibility index (Phi) is 5.72. The Morgan fingerprint density at radius 2 is 1.35 bits per heavy atom. The van der Waals surface area contributed by atoms with E-state index in [9.17, 15) is 9.59 Å². The van der Waals surface area contributed by atoms with E-state index >= 15 is 0 Å². The van der Waals surface area contributed by atoms with Crippen molar-refractivity contribution in [2.45, 2.75) is 26.2 Å². The molecule has 0 radical (unpaired) electrons. The summed E-state index contributed by atoms with van der Waals surface area (Å²) in [5.41, 5.74) is 2.79. The lowest BCUT2D eigenvalue weighted by atomic mass is 9.82. The average Bonchev–Trinajstić information content (AvgIpc) is 2.79. The molecular formula is C27H24O4. The molecule has 156 valence electrons. The molecule has 4 aromatic rings. The van der Waals surface area contributed by atoms with E-state index in [1.165, 1.54) is 65.1 Å². The molecule has 4 aromatic carbocycles. The van der Waals surface area contributed by atoms with Gasteiger partial charge in [-0.15, -0.1) is 0 Å². The molecule has 0 heterocycles. The smallest absolute Gasteiger partial charge is 0.336 e. The molecule has 5 rings (SSSR count). The maximum atomic E-state index is 10.5. The molecule has 4 heteroatoms. The first-order chi connectivity index (χ1) is 15.0. The fourth-order valence-corrected chi connectivity index (χ4v) is 4.38. The molecule has 0 spiro atoms. The van der Waals surface area contributed by atoms with Gasteiger partial charge in [-0.1, -0.05) is 67.6 Å². The Balaban J connectivity index is 0.000000168. The van der Waals surface area contributed by atoms with Crippen molar-refractivity contribution in [2.75, 3.05) is 0 Å². The summed E-state index contributed by atoms with van der Waals surface area (Å²) in [6, 6.07) is 23.5. The largest absolute Gasteiger partial charge is 0.478 e. The standard InChI is InChI=1S/C19H18.C8H6O4/c1-13-6-7-15-9-10-17-16-5-3-2-4-14(16)8-11-18(17)19(15)12-13;9-7(10)5-3-1-2-4-6(5)8(11)12/h2-5,8-11,13H,6-7,12H2,1H3;1-4H,(H,9,10)(H,11,12). The summed E-state index contributed by atoms with van der Waals surface area (Å²) in [5.74, 6) is -1.63. The maximum Gasteiger partial charge on any atom is 0.336 e. The van der Waals surface area contributed by atoms with Crippen LogP contribution in [0.25, 0.3) is 21.5 Å². The summed E-state index contributed by atoms with van der Waals surface area (Å²) in [5, 5.41) is 22.7. The molecule has 0 saturated carbocycles. The third kappa shape index (κ3) is 4.15.